The molecule has 0 aromatic carbocycles. The van der Waals surface area contributed by atoms with Gasteiger partial charge in [-0.3, -0.25) is 9.59 Å². The van der Waals surface area contributed by atoms with Gasteiger partial charge in [-0.25, -0.2) is 4.79 Å². The maximum Gasteiger partial charge on any atom is 0.314 e. The first-order chi connectivity index (χ1) is 13.0. The molecule has 4 atom stereocenters. The number of carbonyl (C=O) groups excluding carboxylic acids is 3. The average Bonchev–Trinajstić information content (AvgIpc) is 3.30. The minimum absolute atomic E-state index is 0.0318. The molecule has 9 heteroatoms. The van der Waals surface area contributed by atoms with E-state index in [-0.39, 0.29) is 17.9 Å². The van der Waals surface area contributed by atoms with E-state index in [0.717, 1.165) is 0 Å². The summed E-state index contributed by atoms with van der Waals surface area (Å²) in [6.07, 6.45) is 3.52. The minimum atomic E-state index is -0.691. The van der Waals surface area contributed by atoms with E-state index in [0.29, 0.717) is 52.5 Å². The highest BCUT2D eigenvalue weighted by Crippen LogP contribution is 2.52. The summed E-state index contributed by atoms with van der Waals surface area (Å²) in [6, 6.07) is -0.469. The molecule has 0 aliphatic carbocycles. The van der Waals surface area contributed by atoms with Gasteiger partial charge in [-0.15, -0.1) is 0 Å². The van der Waals surface area contributed by atoms with Crippen LogP contribution in [0.1, 0.15) is 6.92 Å². The first-order valence-corrected chi connectivity index (χ1v) is 9.54. The molecule has 0 aromatic rings. The van der Waals surface area contributed by atoms with Gasteiger partial charge in [0.15, 0.2) is 0 Å². The lowest BCUT2D eigenvalue weighted by Gasteiger charge is -2.36. The van der Waals surface area contributed by atoms with Crippen LogP contribution in [0, 0.1) is 11.8 Å². The summed E-state index contributed by atoms with van der Waals surface area (Å²) < 4.78 is 11.5. The molecular weight excluding hydrogens is 352 g/mol. The van der Waals surface area contributed by atoms with E-state index in [9.17, 15) is 14.4 Å². The molecule has 27 heavy (non-hydrogen) atoms. The van der Waals surface area contributed by atoms with Crippen LogP contribution in [0.2, 0.25) is 0 Å². The van der Waals surface area contributed by atoms with Gasteiger partial charge in [0.25, 0.3) is 0 Å². The molecule has 9 nitrogen and oxygen atoms in total. The van der Waals surface area contributed by atoms with E-state index in [1.165, 1.54) is 4.90 Å². The molecule has 4 aliphatic rings. The van der Waals surface area contributed by atoms with Crippen molar-refractivity contribution in [2.45, 2.75) is 18.6 Å². The predicted molar refractivity (Wildman–Crippen MR) is 94.5 cm³/mol. The number of ether oxygens (including phenoxy) is 2. The van der Waals surface area contributed by atoms with Crippen molar-refractivity contribution >= 4 is 17.8 Å². The van der Waals surface area contributed by atoms with Crippen LogP contribution < -0.4 is 5.73 Å². The summed E-state index contributed by atoms with van der Waals surface area (Å²) in [4.78, 5) is 42.5. The monoisotopic (exact) mass is 378 g/mol. The second kappa shape index (κ2) is 6.79. The van der Waals surface area contributed by atoms with Crippen molar-refractivity contribution in [3.8, 4) is 0 Å². The van der Waals surface area contributed by atoms with E-state index >= 15 is 0 Å². The second-order valence-electron chi connectivity index (χ2n) is 7.51. The lowest BCUT2D eigenvalue weighted by Crippen LogP contribution is -2.55. The Balaban J connectivity index is 1.46. The molecule has 4 rings (SSSR count). The molecule has 0 saturated carbocycles. The SMILES string of the molecule is CCOCCN1C[C@@]23C=C[C@@H](O2)C(C(=O)N2CCN(C(N)=O)CC2)C3C1=O. The summed E-state index contributed by atoms with van der Waals surface area (Å²) in [5.41, 5.74) is 4.62. The van der Waals surface area contributed by atoms with Gasteiger partial charge in [-0.1, -0.05) is 12.2 Å². The molecular formula is C18H26N4O5. The van der Waals surface area contributed by atoms with E-state index in [1.54, 1.807) is 9.80 Å². The quantitative estimate of drug-likeness (QED) is 0.489. The van der Waals surface area contributed by atoms with Crippen molar-refractivity contribution in [2.75, 3.05) is 52.5 Å². The molecule has 2 bridgehead atoms. The van der Waals surface area contributed by atoms with E-state index in [2.05, 4.69) is 0 Å². The Hall–Kier alpha value is -2.13. The zero-order chi connectivity index (χ0) is 19.2. The molecule has 3 saturated heterocycles. The number of piperazine rings is 1. The van der Waals surface area contributed by atoms with Crippen LogP contribution in [0.4, 0.5) is 4.79 Å². The first kappa shape index (κ1) is 18.2. The topological polar surface area (TPSA) is 105 Å². The fraction of sp³-hybridized carbons (Fsp3) is 0.722. The predicted octanol–water partition coefficient (Wildman–Crippen LogP) is -0.972. The fourth-order valence-corrected chi connectivity index (χ4v) is 4.73. The normalized spacial score (nSPS) is 34.5. The second-order valence-corrected chi connectivity index (χ2v) is 7.51. The third-order valence-corrected chi connectivity index (χ3v) is 6.08. The summed E-state index contributed by atoms with van der Waals surface area (Å²) in [7, 11) is 0. The lowest BCUT2D eigenvalue weighted by atomic mass is 9.76. The number of amides is 4. The maximum atomic E-state index is 13.2. The highest BCUT2D eigenvalue weighted by molar-refractivity contribution is 5.93. The van der Waals surface area contributed by atoms with Gasteiger partial charge in [0.1, 0.15) is 5.60 Å². The summed E-state index contributed by atoms with van der Waals surface area (Å²) in [5.74, 6) is -1.08. The van der Waals surface area contributed by atoms with Crippen LogP contribution in [0.5, 0.6) is 0 Å². The Morgan fingerprint density at radius 3 is 2.67 bits per heavy atom. The Labute approximate surface area is 158 Å². The highest BCUT2D eigenvalue weighted by atomic mass is 16.5. The fourth-order valence-electron chi connectivity index (χ4n) is 4.73. The van der Waals surface area contributed by atoms with Crippen molar-refractivity contribution < 1.29 is 23.9 Å². The van der Waals surface area contributed by atoms with E-state index < -0.39 is 23.5 Å². The van der Waals surface area contributed by atoms with Crippen LogP contribution >= 0.6 is 0 Å². The number of urea groups is 1. The smallest absolute Gasteiger partial charge is 0.314 e. The molecule has 4 aliphatic heterocycles. The highest BCUT2D eigenvalue weighted by Gasteiger charge is 2.67. The van der Waals surface area contributed by atoms with Crippen LogP contribution in [-0.2, 0) is 19.1 Å². The third-order valence-electron chi connectivity index (χ3n) is 6.08. The Morgan fingerprint density at radius 2 is 2.00 bits per heavy atom. The number of primary amides is 1. The standard InChI is InChI=1S/C18H26N4O5/c1-2-26-10-9-22-11-18-4-3-12(27-18)13(14(18)16(22)24)15(23)20-5-7-21(8-6-20)17(19)25/h3-4,12-14H,2,5-11H2,1H3,(H2,19,25)/t12-,13?,14?,18-/m1/s1. The molecule has 0 aromatic heterocycles. The molecule has 3 fully saturated rings. The van der Waals surface area contributed by atoms with Gasteiger partial charge in [-0.05, 0) is 6.92 Å². The number of nitrogens with two attached hydrogens (primary N) is 1. The number of nitrogens with zero attached hydrogens (tertiary/aromatic N) is 3. The molecule has 0 radical (unpaired) electrons. The van der Waals surface area contributed by atoms with Crippen molar-refractivity contribution in [3.05, 3.63) is 12.2 Å². The molecule has 4 amide bonds. The van der Waals surface area contributed by atoms with Crippen molar-refractivity contribution in [1.29, 1.82) is 0 Å². The molecule has 148 valence electrons. The number of carbonyl (C=O) groups is 3. The lowest BCUT2D eigenvalue weighted by molar-refractivity contribution is -0.144. The number of fused-ring (bicyclic) bond motifs is 1. The number of likely N-dealkylation sites (tertiary alicyclic amines) is 1. The first-order valence-electron chi connectivity index (χ1n) is 9.54. The summed E-state index contributed by atoms with van der Waals surface area (Å²) in [6.45, 7) is 5.66. The van der Waals surface area contributed by atoms with Gasteiger partial charge >= 0.3 is 6.03 Å². The molecule has 4 heterocycles. The van der Waals surface area contributed by atoms with Gasteiger partial charge in [0, 0.05) is 39.3 Å². The zero-order valence-electron chi connectivity index (χ0n) is 15.5. The van der Waals surface area contributed by atoms with Crippen LogP contribution in [-0.4, -0.2) is 96.7 Å². The van der Waals surface area contributed by atoms with Gasteiger partial charge in [0.05, 0.1) is 31.1 Å². The average molecular weight is 378 g/mol. The maximum absolute atomic E-state index is 13.2. The summed E-state index contributed by atoms with van der Waals surface area (Å²) >= 11 is 0. The van der Waals surface area contributed by atoms with Gasteiger partial charge < -0.3 is 29.9 Å². The van der Waals surface area contributed by atoms with Crippen LogP contribution in [0.3, 0.4) is 0 Å². The van der Waals surface area contributed by atoms with Crippen molar-refractivity contribution in [2.24, 2.45) is 17.6 Å². The Kier molecular flexibility index (Phi) is 4.59. The third kappa shape index (κ3) is 2.89. The zero-order valence-corrected chi connectivity index (χ0v) is 15.5. The molecule has 1 spiro atoms. The molecule has 2 N–H and O–H groups in total. The van der Waals surface area contributed by atoms with Crippen molar-refractivity contribution in [1.82, 2.24) is 14.7 Å². The minimum Gasteiger partial charge on any atom is -0.380 e. The number of rotatable bonds is 5. The number of hydrogen-bond acceptors (Lipinski definition) is 5. The van der Waals surface area contributed by atoms with E-state index in [1.807, 2.05) is 19.1 Å². The van der Waals surface area contributed by atoms with Crippen LogP contribution in [0.25, 0.3) is 0 Å². The Morgan fingerprint density at radius 1 is 1.30 bits per heavy atom. The number of hydrogen-bond donors (Lipinski definition) is 1. The van der Waals surface area contributed by atoms with Gasteiger partial charge in [0.2, 0.25) is 11.8 Å². The van der Waals surface area contributed by atoms with Crippen LogP contribution in [0.15, 0.2) is 12.2 Å². The largest absolute Gasteiger partial charge is 0.380 e. The van der Waals surface area contributed by atoms with Gasteiger partial charge in [-0.2, -0.15) is 0 Å². The van der Waals surface area contributed by atoms with E-state index in [4.69, 9.17) is 15.2 Å². The molecule has 2 unspecified atom stereocenters. The Bertz CT molecular complexity index is 675. The van der Waals surface area contributed by atoms with Crippen molar-refractivity contribution in [3.63, 3.8) is 0 Å². The summed E-state index contributed by atoms with van der Waals surface area (Å²) in [5, 5.41) is 0.